The highest BCUT2D eigenvalue weighted by atomic mass is 16.5. The molecule has 2 atom stereocenters. The number of ether oxygens (including phenoxy) is 1. The largest absolute Gasteiger partial charge is 0.469 e. The van der Waals surface area contributed by atoms with Crippen LogP contribution >= 0.6 is 0 Å². The van der Waals surface area contributed by atoms with Gasteiger partial charge in [-0.05, 0) is 49.4 Å². The lowest BCUT2D eigenvalue weighted by molar-refractivity contribution is -0.146. The molecule has 3 aliphatic heterocycles. The molecule has 6 rings (SSSR count). The van der Waals surface area contributed by atoms with Crippen LogP contribution in [0.15, 0.2) is 24.4 Å². The smallest absolute Gasteiger partial charge is 0.311 e. The van der Waals surface area contributed by atoms with Gasteiger partial charge in [-0.25, -0.2) is 4.68 Å². The SMILES string of the molecule is COC(=O)C1CCN(C(=O)c2cn(-c3ccc4c(c3)CN(C3CCC(=O)NC3=O)C4=O)nn2)C12CC2. The highest BCUT2D eigenvalue weighted by Gasteiger charge is 2.62. The van der Waals surface area contributed by atoms with E-state index < -0.39 is 17.5 Å². The molecular weight excluding hydrogens is 468 g/mol. The summed E-state index contributed by atoms with van der Waals surface area (Å²) in [5, 5.41) is 10.5. The number of carbonyl (C=O) groups excluding carboxylic acids is 5. The van der Waals surface area contributed by atoms with Gasteiger partial charge in [-0.3, -0.25) is 29.3 Å². The number of carbonyl (C=O) groups is 5. The van der Waals surface area contributed by atoms with Gasteiger partial charge in [-0.15, -0.1) is 5.10 Å². The Kier molecular flexibility index (Phi) is 4.95. The van der Waals surface area contributed by atoms with Crippen molar-refractivity contribution in [1.82, 2.24) is 30.1 Å². The second kappa shape index (κ2) is 7.97. The van der Waals surface area contributed by atoms with E-state index in [4.69, 9.17) is 4.74 Å². The molecule has 4 heterocycles. The molecule has 0 radical (unpaired) electrons. The first-order valence-corrected chi connectivity index (χ1v) is 11.9. The van der Waals surface area contributed by atoms with Gasteiger partial charge in [0.05, 0.1) is 30.5 Å². The number of esters is 1. The highest BCUT2D eigenvalue weighted by Crippen LogP contribution is 2.54. The summed E-state index contributed by atoms with van der Waals surface area (Å²) in [7, 11) is 1.36. The van der Waals surface area contributed by atoms with Gasteiger partial charge in [0.15, 0.2) is 5.69 Å². The fourth-order valence-electron chi connectivity index (χ4n) is 5.80. The van der Waals surface area contributed by atoms with Crippen LogP contribution in [-0.4, -0.2) is 79.6 Å². The van der Waals surface area contributed by atoms with Crippen molar-refractivity contribution in [3.05, 3.63) is 41.2 Å². The molecule has 186 valence electrons. The quantitative estimate of drug-likeness (QED) is 0.471. The second-order valence-electron chi connectivity index (χ2n) is 9.71. The molecule has 1 aromatic carbocycles. The van der Waals surface area contributed by atoms with Crippen molar-refractivity contribution in [2.45, 2.75) is 50.2 Å². The van der Waals surface area contributed by atoms with E-state index in [2.05, 4.69) is 15.6 Å². The lowest BCUT2D eigenvalue weighted by Crippen LogP contribution is -2.52. The summed E-state index contributed by atoms with van der Waals surface area (Å²) in [4.78, 5) is 65.3. The number of nitrogens with zero attached hydrogens (tertiary/aromatic N) is 5. The summed E-state index contributed by atoms with van der Waals surface area (Å²) in [5.41, 5.74) is 1.52. The summed E-state index contributed by atoms with van der Waals surface area (Å²) in [6, 6.07) is 4.47. The van der Waals surface area contributed by atoms with Crippen LogP contribution < -0.4 is 5.32 Å². The number of hydrogen-bond acceptors (Lipinski definition) is 8. The number of benzene rings is 1. The third-order valence-corrected chi connectivity index (χ3v) is 7.80. The van der Waals surface area contributed by atoms with Crippen LogP contribution in [0, 0.1) is 5.92 Å². The van der Waals surface area contributed by atoms with E-state index in [9.17, 15) is 24.0 Å². The maximum Gasteiger partial charge on any atom is 0.311 e. The van der Waals surface area contributed by atoms with E-state index >= 15 is 0 Å². The number of imide groups is 1. The van der Waals surface area contributed by atoms with Gasteiger partial charge < -0.3 is 14.5 Å². The molecule has 3 fully saturated rings. The van der Waals surface area contributed by atoms with Crippen molar-refractivity contribution < 1.29 is 28.7 Å². The fourth-order valence-corrected chi connectivity index (χ4v) is 5.80. The molecule has 0 bridgehead atoms. The maximum atomic E-state index is 13.3. The Morgan fingerprint density at radius 3 is 2.69 bits per heavy atom. The molecule has 36 heavy (non-hydrogen) atoms. The molecule has 2 unspecified atom stereocenters. The number of amides is 4. The topological polar surface area (TPSA) is 144 Å². The standard InChI is InChI=1S/C24H24N6O6/c1-36-23(35)16-6-9-29(24(16)7-8-24)22(34)17-12-30(27-26-17)14-2-3-15-13(10-14)11-28(21(15)33)18-4-5-19(31)25-20(18)32/h2-3,10,12,16,18H,4-9,11H2,1H3,(H,25,31,32). The van der Waals surface area contributed by atoms with Crippen LogP contribution in [0.2, 0.25) is 0 Å². The van der Waals surface area contributed by atoms with E-state index in [-0.39, 0.29) is 48.3 Å². The molecule has 1 spiro atoms. The summed E-state index contributed by atoms with van der Waals surface area (Å²) in [6.45, 7) is 0.697. The fraction of sp³-hybridized carbons (Fsp3) is 0.458. The number of methoxy groups -OCH3 is 1. The zero-order valence-corrected chi connectivity index (χ0v) is 19.6. The van der Waals surface area contributed by atoms with Gasteiger partial charge >= 0.3 is 5.97 Å². The number of rotatable bonds is 4. The zero-order valence-electron chi connectivity index (χ0n) is 19.6. The first kappa shape index (κ1) is 22.4. The molecule has 1 aliphatic carbocycles. The van der Waals surface area contributed by atoms with Crippen LogP contribution in [0.4, 0.5) is 0 Å². The summed E-state index contributed by atoms with van der Waals surface area (Å²) in [6.07, 6.45) is 4.11. The predicted octanol–water partition coefficient (Wildman–Crippen LogP) is 0.196. The van der Waals surface area contributed by atoms with Crippen LogP contribution in [-0.2, 0) is 25.7 Å². The Bertz CT molecular complexity index is 1330. The summed E-state index contributed by atoms with van der Waals surface area (Å²) < 4.78 is 6.41. The first-order chi connectivity index (χ1) is 17.3. The van der Waals surface area contributed by atoms with Crippen molar-refractivity contribution in [3.63, 3.8) is 0 Å². The third kappa shape index (κ3) is 3.31. The summed E-state index contributed by atoms with van der Waals surface area (Å²) in [5.74, 6) is -1.93. The van der Waals surface area contributed by atoms with Crippen LogP contribution in [0.3, 0.4) is 0 Å². The van der Waals surface area contributed by atoms with Gasteiger partial charge in [0.25, 0.3) is 11.8 Å². The number of likely N-dealkylation sites (tertiary alicyclic amines) is 1. The number of hydrogen-bond donors (Lipinski definition) is 1. The number of aromatic nitrogens is 3. The lowest BCUT2D eigenvalue weighted by atomic mass is 9.98. The molecule has 2 saturated heterocycles. The average Bonchev–Trinajstić information content (AvgIpc) is 3.20. The minimum atomic E-state index is -0.689. The predicted molar refractivity (Wildman–Crippen MR) is 121 cm³/mol. The number of piperidine rings is 1. The first-order valence-electron chi connectivity index (χ1n) is 11.9. The van der Waals surface area contributed by atoms with Gasteiger partial charge in [-0.1, -0.05) is 5.21 Å². The second-order valence-corrected chi connectivity index (χ2v) is 9.71. The molecule has 1 saturated carbocycles. The van der Waals surface area contributed by atoms with Crippen LogP contribution in [0.25, 0.3) is 5.69 Å². The maximum absolute atomic E-state index is 13.3. The van der Waals surface area contributed by atoms with Crippen molar-refractivity contribution in [2.24, 2.45) is 5.92 Å². The molecule has 4 aliphatic rings. The monoisotopic (exact) mass is 492 g/mol. The zero-order chi connectivity index (χ0) is 25.2. The Balaban J connectivity index is 1.20. The van der Waals surface area contributed by atoms with E-state index in [1.165, 1.54) is 16.7 Å². The van der Waals surface area contributed by atoms with E-state index in [1.54, 1.807) is 29.3 Å². The van der Waals surface area contributed by atoms with Crippen LogP contribution in [0.5, 0.6) is 0 Å². The van der Waals surface area contributed by atoms with Crippen molar-refractivity contribution in [3.8, 4) is 5.69 Å². The Hall–Kier alpha value is -4.09. The highest BCUT2D eigenvalue weighted by molar-refractivity contribution is 6.05. The Labute approximate surface area is 205 Å². The molecule has 4 amide bonds. The minimum Gasteiger partial charge on any atom is -0.469 e. The molecule has 12 heteroatoms. The van der Waals surface area contributed by atoms with Crippen molar-refractivity contribution >= 4 is 29.6 Å². The van der Waals surface area contributed by atoms with Gasteiger partial charge in [0, 0.05) is 25.1 Å². The van der Waals surface area contributed by atoms with Gasteiger partial charge in [0.1, 0.15) is 6.04 Å². The van der Waals surface area contributed by atoms with Crippen LogP contribution in [0.1, 0.15) is 58.5 Å². The lowest BCUT2D eigenvalue weighted by Gasteiger charge is -2.29. The average molecular weight is 492 g/mol. The Morgan fingerprint density at radius 1 is 1.17 bits per heavy atom. The van der Waals surface area contributed by atoms with Gasteiger partial charge in [0.2, 0.25) is 11.8 Å². The minimum absolute atomic E-state index is 0.175. The third-order valence-electron chi connectivity index (χ3n) is 7.80. The number of fused-ring (bicyclic) bond motifs is 1. The van der Waals surface area contributed by atoms with Gasteiger partial charge in [-0.2, -0.15) is 0 Å². The Morgan fingerprint density at radius 2 is 1.97 bits per heavy atom. The van der Waals surface area contributed by atoms with E-state index in [0.29, 0.717) is 30.6 Å². The molecular formula is C24H24N6O6. The van der Waals surface area contributed by atoms with E-state index in [0.717, 1.165) is 18.4 Å². The number of nitrogens with one attached hydrogen (secondary N) is 1. The molecule has 12 nitrogen and oxygen atoms in total. The normalized spacial score (nSPS) is 24.2. The van der Waals surface area contributed by atoms with Crippen molar-refractivity contribution in [2.75, 3.05) is 13.7 Å². The molecule has 1 aromatic heterocycles. The molecule has 1 N–H and O–H groups in total. The summed E-state index contributed by atoms with van der Waals surface area (Å²) >= 11 is 0. The molecule has 2 aromatic rings. The van der Waals surface area contributed by atoms with Crippen molar-refractivity contribution in [1.29, 1.82) is 0 Å². The van der Waals surface area contributed by atoms with E-state index in [1.807, 2.05) is 0 Å².